The summed E-state index contributed by atoms with van der Waals surface area (Å²) in [7, 11) is 0. The van der Waals surface area contributed by atoms with Crippen molar-refractivity contribution >= 4 is 78.5 Å². The van der Waals surface area contributed by atoms with Gasteiger partial charge in [-0.3, -0.25) is 5.04 Å². The Morgan fingerprint density at radius 1 is 0.492 bits per heavy atom. The molecule has 0 saturated carbocycles. The van der Waals surface area contributed by atoms with Crippen LogP contribution in [0, 0.1) is 0 Å². The van der Waals surface area contributed by atoms with E-state index >= 15 is 0 Å². The van der Waals surface area contributed by atoms with Crippen molar-refractivity contribution in [3.8, 4) is 28.7 Å². The third-order valence-corrected chi connectivity index (χ3v) is 9.45. The summed E-state index contributed by atoms with van der Waals surface area (Å²) in [4.78, 5) is 0.482. The van der Waals surface area contributed by atoms with Gasteiger partial charge in [0.25, 0.3) is 0 Å². The number of phenolic OH excluding ortho intramolecular Hbond substituents is 4. The van der Waals surface area contributed by atoms with Gasteiger partial charge in [0.15, 0.2) is 0 Å². The van der Waals surface area contributed by atoms with Crippen LogP contribution in [-0.2, 0) is 26.7 Å². The predicted octanol–water partition coefficient (Wildman–Crippen LogP) is 11.5. The Kier molecular flexibility index (Phi) is 14.9. The number of hydrogen-bond donors (Lipinski definition) is 5. The van der Waals surface area contributed by atoms with Crippen LogP contribution in [0.1, 0.15) is 0 Å². The van der Waals surface area contributed by atoms with Gasteiger partial charge in [-0.15, -0.1) is 20.5 Å². The van der Waals surface area contributed by atoms with E-state index in [9.17, 15) is 25.7 Å². The molecule has 0 saturated heterocycles. The van der Waals surface area contributed by atoms with Crippen LogP contribution >= 0.6 is 12.0 Å². The fourth-order valence-electron chi connectivity index (χ4n) is 5.98. The summed E-state index contributed by atoms with van der Waals surface area (Å²) in [5.41, 5.74) is 2.13. The molecule has 0 amide bonds. The van der Waals surface area contributed by atoms with Crippen LogP contribution in [0.5, 0.6) is 28.7 Å². The van der Waals surface area contributed by atoms with Crippen molar-refractivity contribution in [3.63, 3.8) is 0 Å². The van der Waals surface area contributed by atoms with Crippen LogP contribution in [0.4, 0.5) is 34.1 Å². The van der Waals surface area contributed by atoms with E-state index in [1.807, 2.05) is 48.5 Å². The Morgan fingerprint density at radius 3 is 1.61 bits per heavy atom. The summed E-state index contributed by atoms with van der Waals surface area (Å²) in [5, 5.41) is 93.0. The van der Waals surface area contributed by atoms with Crippen LogP contribution in [0.15, 0.2) is 181 Å². The number of phenols is 4. The van der Waals surface area contributed by atoms with E-state index < -0.39 is 0 Å². The minimum absolute atomic E-state index is 0. The number of aliphatic hydroxyl groups excluding tert-OH is 1. The molecule has 8 aromatic carbocycles. The number of ether oxygens (including phenoxy) is 1. The minimum atomic E-state index is -0.154. The summed E-state index contributed by atoms with van der Waals surface area (Å²) < 4.78 is 9.69. The summed E-state index contributed by atoms with van der Waals surface area (Å²) in [6.07, 6.45) is 0. The number of aliphatic hydroxyl groups is 1. The molecule has 8 aromatic rings. The average molecular weight is 874 g/mol. The van der Waals surface area contributed by atoms with Crippen LogP contribution in [0.25, 0.3) is 32.3 Å². The standard InChI is InChI=1S/C24H20N4O4.C20H14N2O5S.Cr/c29-13-14-32-19-9-6-17(7-10-19)25-26-18-8-12-22(30)21(15-18)27-28-24-20-4-2-1-3-16(20)5-11-23(24)31;23-16-10-9-12-5-1-2-6-13(12)19(16)21-22-20-15-8-4-3-7-14(15)18(11-17(20)24)28-27-26-25;/h1-12,15,29-31H,13-14H2;1-11,23-25H;/p-1. The maximum Gasteiger partial charge on any atom is 0.144 e. The molecule has 0 aliphatic heterocycles. The van der Waals surface area contributed by atoms with Gasteiger partial charge in [0, 0.05) is 38.9 Å². The van der Waals surface area contributed by atoms with Crippen LogP contribution in [0.3, 0.4) is 0 Å². The fraction of sp³-hybridized carbons (Fsp3) is 0.0455. The minimum Gasteiger partial charge on any atom is -0.691 e. The molecular weight excluding hydrogens is 841 g/mol. The Balaban J connectivity index is 0.000000202. The van der Waals surface area contributed by atoms with Crippen LogP contribution < -0.4 is 9.99 Å². The molecule has 0 aliphatic carbocycles. The average Bonchev–Trinajstić information content (AvgIpc) is 3.28. The third kappa shape index (κ3) is 10.6. The maximum atomic E-state index is 10.4. The van der Waals surface area contributed by atoms with E-state index in [1.165, 1.54) is 12.1 Å². The quantitative estimate of drug-likeness (QED) is 0.0338. The van der Waals surface area contributed by atoms with Crippen molar-refractivity contribution < 1.29 is 62.3 Å². The van der Waals surface area contributed by atoms with Crippen molar-refractivity contribution in [2.24, 2.45) is 30.7 Å². The van der Waals surface area contributed by atoms with Crippen molar-refractivity contribution in [1.29, 1.82) is 0 Å². The van der Waals surface area contributed by atoms with Gasteiger partial charge in [-0.25, -0.2) is 0 Å². The first-order valence-electron chi connectivity index (χ1n) is 18.0. The normalized spacial score (nSPS) is 11.4. The SMILES string of the molecule is OCCOc1ccc(N=Nc2ccc(O)c(N=Nc3c(O)ccc4ccccc34)c2)cc1.[Cr].[O-]OOSc1cc(O)c(N=Nc2c(O)ccc3ccccc23)c2ccccc12. The molecule has 61 heavy (non-hydrogen) atoms. The monoisotopic (exact) mass is 873 g/mol. The number of azo groups is 3. The molecule has 0 atom stereocenters. The number of benzene rings is 8. The molecular formula is C44H33CrN6O9S-. The molecule has 0 aliphatic rings. The number of nitrogens with zero attached hydrogens (tertiary/aromatic N) is 6. The Morgan fingerprint density at radius 2 is 1.00 bits per heavy atom. The summed E-state index contributed by atoms with van der Waals surface area (Å²) in [5.74, 6) is 0.382. The summed E-state index contributed by atoms with van der Waals surface area (Å²) in [6, 6.07) is 41.8. The second-order valence-electron chi connectivity index (χ2n) is 12.7. The Labute approximate surface area is 362 Å². The van der Waals surface area contributed by atoms with Gasteiger partial charge in [0.1, 0.15) is 58.1 Å². The molecule has 0 radical (unpaired) electrons. The predicted molar refractivity (Wildman–Crippen MR) is 225 cm³/mol. The second-order valence-corrected chi connectivity index (χ2v) is 13.4. The maximum absolute atomic E-state index is 10.4. The first-order valence-corrected chi connectivity index (χ1v) is 18.8. The summed E-state index contributed by atoms with van der Waals surface area (Å²) >= 11 is 0.685. The number of aromatic hydroxyl groups is 4. The van der Waals surface area contributed by atoms with Gasteiger partial charge in [0.2, 0.25) is 0 Å². The first-order chi connectivity index (χ1) is 29.3. The molecule has 17 heteroatoms. The summed E-state index contributed by atoms with van der Waals surface area (Å²) in [6.45, 7) is 0.171. The van der Waals surface area contributed by atoms with Gasteiger partial charge >= 0.3 is 0 Å². The molecule has 0 spiro atoms. The van der Waals surface area contributed by atoms with Crippen LogP contribution in [-0.4, -0.2) is 38.7 Å². The van der Waals surface area contributed by atoms with Gasteiger partial charge in [-0.05, 0) is 71.4 Å². The van der Waals surface area contributed by atoms with Crippen molar-refractivity contribution in [2.45, 2.75) is 4.90 Å². The molecule has 306 valence electrons. The van der Waals surface area contributed by atoms with Crippen molar-refractivity contribution in [3.05, 3.63) is 146 Å². The van der Waals surface area contributed by atoms with Gasteiger partial charge in [0.05, 0.1) is 34.9 Å². The molecule has 8 rings (SSSR count). The van der Waals surface area contributed by atoms with E-state index in [4.69, 9.17) is 9.84 Å². The van der Waals surface area contributed by atoms with E-state index in [0.717, 1.165) is 21.5 Å². The number of rotatable bonds is 12. The zero-order chi connectivity index (χ0) is 41.8. The molecule has 15 nitrogen and oxygen atoms in total. The molecule has 0 aromatic heterocycles. The largest absolute Gasteiger partial charge is 0.691 e. The Bertz CT molecular complexity index is 2880. The van der Waals surface area contributed by atoms with Crippen molar-refractivity contribution in [1.82, 2.24) is 0 Å². The molecule has 0 unspecified atom stereocenters. The second kappa shape index (κ2) is 20.8. The van der Waals surface area contributed by atoms with Gasteiger partial charge in [-0.1, -0.05) is 84.9 Å². The van der Waals surface area contributed by atoms with Crippen molar-refractivity contribution in [2.75, 3.05) is 13.2 Å². The topological polar surface area (TPSA) is 226 Å². The smallest absolute Gasteiger partial charge is 0.144 e. The van der Waals surface area contributed by atoms with E-state index in [0.29, 0.717) is 56.2 Å². The zero-order valence-corrected chi connectivity index (χ0v) is 33.7. The molecule has 5 N–H and O–H groups in total. The van der Waals surface area contributed by atoms with E-state index in [-0.39, 0.29) is 64.9 Å². The third-order valence-electron chi connectivity index (χ3n) is 8.81. The number of fused-ring (bicyclic) bond motifs is 3. The first kappa shape index (κ1) is 43.6. The molecule has 0 fully saturated rings. The van der Waals surface area contributed by atoms with E-state index in [1.54, 1.807) is 84.9 Å². The van der Waals surface area contributed by atoms with E-state index in [2.05, 4.69) is 40.1 Å². The van der Waals surface area contributed by atoms with Gasteiger partial charge < -0.3 is 35.5 Å². The van der Waals surface area contributed by atoms with Crippen LogP contribution in [0.2, 0.25) is 0 Å². The Hall–Kier alpha value is -6.94. The molecule has 0 heterocycles. The number of hydrogen-bond acceptors (Lipinski definition) is 16. The van der Waals surface area contributed by atoms with Gasteiger partial charge in [-0.2, -0.15) is 14.6 Å². The zero-order valence-electron chi connectivity index (χ0n) is 31.6. The molecule has 0 bridgehead atoms. The fourth-order valence-corrected chi connectivity index (χ4v) is 6.51.